The number of anilines is 3. The summed E-state index contributed by atoms with van der Waals surface area (Å²) in [5, 5.41) is 10.9. The largest absolute Gasteiger partial charge is 0.484 e. The van der Waals surface area contributed by atoms with E-state index in [9.17, 15) is 28.5 Å². The summed E-state index contributed by atoms with van der Waals surface area (Å²) in [6.45, 7) is 7.15. The van der Waals surface area contributed by atoms with Gasteiger partial charge in [-0.3, -0.25) is 10.1 Å². The summed E-state index contributed by atoms with van der Waals surface area (Å²) in [6, 6.07) is 3.09. The molecule has 0 aromatic heterocycles. The topological polar surface area (TPSA) is 147 Å². The average molecular weight is 627 g/mol. The lowest BCUT2D eigenvalue weighted by Crippen LogP contribution is -2.47. The van der Waals surface area contributed by atoms with Crippen molar-refractivity contribution in [2.45, 2.75) is 39.8 Å². The molecular formula is C26H28F2N4O8S2. The summed E-state index contributed by atoms with van der Waals surface area (Å²) in [7, 11) is 0. The van der Waals surface area contributed by atoms with Crippen LogP contribution in [0.25, 0.3) is 0 Å². The zero-order valence-corrected chi connectivity index (χ0v) is 24.7. The van der Waals surface area contributed by atoms with Crippen LogP contribution in [0.5, 0.6) is 11.5 Å². The molecule has 0 fully saturated rings. The third-order valence-corrected chi connectivity index (χ3v) is 6.72. The van der Waals surface area contributed by atoms with E-state index in [2.05, 4.69) is 0 Å². The Balaban J connectivity index is 0.000000231. The molecule has 16 heteroatoms. The summed E-state index contributed by atoms with van der Waals surface area (Å²) < 4.78 is 47.7. The first-order valence-electron chi connectivity index (χ1n) is 12.6. The summed E-state index contributed by atoms with van der Waals surface area (Å²) >= 11 is 10.4. The molecule has 226 valence electrons. The highest BCUT2D eigenvalue weighted by atomic mass is 32.1. The number of carbonyl (C=O) groups excluding carboxylic acids is 2. The van der Waals surface area contributed by atoms with Crippen molar-refractivity contribution in [1.29, 1.82) is 0 Å². The molecule has 4 rings (SSSR count). The summed E-state index contributed by atoms with van der Waals surface area (Å²) in [5.74, 6) is -2.13. The Morgan fingerprint density at radius 1 is 0.929 bits per heavy atom. The first-order chi connectivity index (χ1) is 19.8. The highest BCUT2D eigenvalue weighted by Crippen LogP contribution is 2.39. The smallest absolute Gasteiger partial charge is 0.328 e. The van der Waals surface area contributed by atoms with Crippen molar-refractivity contribution in [2.24, 2.45) is 0 Å². The van der Waals surface area contributed by atoms with Gasteiger partial charge >= 0.3 is 17.6 Å². The fourth-order valence-electron chi connectivity index (χ4n) is 4.11. The number of hydrogen-bond donors (Lipinski definition) is 1. The van der Waals surface area contributed by atoms with Gasteiger partial charge in [0.15, 0.2) is 0 Å². The maximum Gasteiger partial charge on any atom is 0.328 e. The molecule has 12 nitrogen and oxygen atoms in total. The van der Waals surface area contributed by atoms with Crippen LogP contribution in [-0.2, 0) is 19.1 Å². The molecule has 2 unspecified atom stereocenters. The fraction of sp³-hybridized carbons (Fsp3) is 0.385. The number of fused-ring (bicyclic) bond motifs is 2. The van der Waals surface area contributed by atoms with Gasteiger partial charge in [0, 0.05) is 18.2 Å². The van der Waals surface area contributed by atoms with E-state index in [0.29, 0.717) is 16.4 Å². The van der Waals surface area contributed by atoms with Crippen LogP contribution >= 0.6 is 24.4 Å². The van der Waals surface area contributed by atoms with Gasteiger partial charge in [-0.2, -0.15) is 4.39 Å². The minimum absolute atomic E-state index is 0.0245. The molecule has 2 N–H and O–H groups in total. The number of rotatable bonds is 7. The molecule has 2 aliphatic rings. The lowest BCUT2D eigenvalue weighted by molar-refractivity contribution is -0.387. The second-order valence-corrected chi connectivity index (χ2v) is 9.77. The third-order valence-electron chi connectivity index (χ3n) is 6.09. The van der Waals surface area contributed by atoms with Crippen LogP contribution in [0.2, 0.25) is 0 Å². The number of thiocarbonyl (C=S) groups is 2. The van der Waals surface area contributed by atoms with E-state index in [-0.39, 0.29) is 48.5 Å². The Morgan fingerprint density at radius 3 is 1.79 bits per heavy atom. The number of halogens is 2. The van der Waals surface area contributed by atoms with Crippen LogP contribution in [0, 0.1) is 21.7 Å². The number of ether oxygens (including phenoxy) is 4. The van der Waals surface area contributed by atoms with Gasteiger partial charge in [0.05, 0.1) is 35.2 Å². The van der Waals surface area contributed by atoms with Crippen molar-refractivity contribution in [2.75, 3.05) is 42.0 Å². The van der Waals surface area contributed by atoms with Crippen LogP contribution in [0.4, 0.5) is 31.5 Å². The van der Waals surface area contributed by atoms with E-state index in [1.807, 2.05) is 0 Å². The van der Waals surface area contributed by atoms with E-state index in [1.165, 1.54) is 17.0 Å². The van der Waals surface area contributed by atoms with Gasteiger partial charge in [-0.15, -0.1) is 0 Å². The molecule has 0 spiro atoms. The predicted octanol–water partition coefficient (Wildman–Crippen LogP) is 4.10. The third kappa shape index (κ3) is 6.82. The lowest BCUT2D eigenvalue weighted by Gasteiger charge is -2.35. The SMILES string of the molecule is CCOC(=O)C(C)N1C(=S)COc2cc(F)c(N)cc21.CCOC(=O)C(C)N1C(=S)COc2cc(F)c([N+](=O)[O-])cc21. The zero-order chi connectivity index (χ0) is 31.3. The fourth-order valence-corrected chi connectivity index (χ4v) is 4.74. The van der Waals surface area contributed by atoms with Gasteiger partial charge in [-0.05, 0) is 33.8 Å². The van der Waals surface area contributed by atoms with E-state index in [0.717, 1.165) is 12.1 Å². The maximum absolute atomic E-state index is 13.7. The second-order valence-electron chi connectivity index (χ2n) is 8.83. The lowest BCUT2D eigenvalue weighted by atomic mass is 10.1. The monoisotopic (exact) mass is 626 g/mol. The molecule has 0 bridgehead atoms. The Hall–Kier alpha value is -4.18. The van der Waals surface area contributed by atoms with Crippen molar-refractivity contribution in [3.05, 3.63) is 46.0 Å². The number of benzene rings is 2. The van der Waals surface area contributed by atoms with E-state index in [1.54, 1.807) is 32.6 Å². The number of nitrogen functional groups attached to an aromatic ring is 1. The Kier molecular flexibility index (Phi) is 10.5. The molecule has 42 heavy (non-hydrogen) atoms. The van der Waals surface area contributed by atoms with Crippen molar-refractivity contribution in [3.8, 4) is 11.5 Å². The van der Waals surface area contributed by atoms with Gasteiger partial charge in [-0.25, -0.2) is 14.0 Å². The van der Waals surface area contributed by atoms with Gasteiger partial charge in [0.25, 0.3) is 0 Å². The van der Waals surface area contributed by atoms with E-state index >= 15 is 0 Å². The zero-order valence-electron chi connectivity index (χ0n) is 23.0. The van der Waals surface area contributed by atoms with E-state index in [4.69, 9.17) is 49.1 Å². The van der Waals surface area contributed by atoms with Crippen LogP contribution in [0.3, 0.4) is 0 Å². The highest BCUT2D eigenvalue weighted by molar-refractivity contribution is 7.80. The van der Waals surface area contributed by atoms with Crippen molar-refractivity contribution in [3.63, 3.8) is 0 Å². The van der Waals surface area contributed by atoms with Crippen LogP contribution in [0.15, 0.2) is 24.3 Å². The molecule has 2 aromatic rings. The quantitative estimate of drug-likeness (QED) is 0.155. The Bertz CT molecular complexity index is 1430. The molecule has 0 amide bonds. The number of esters is 2. The normalized spacial score (nSPS) is 15.1. The molecule has 2 aromatic carbocycles. The molecule has 0 saturated heterocycles. The summed E-state index contributed by atoms with van der Waals surface area (Å²) in [4.78, 5) is 37.5. The van der Waals surface area contributed by atoms with Crippen LogP contribution in [-0.4, -0.2) is 65.4 Å². The van der Waals surface area contributed by atoms with Crippen LogP contribution < -0.4 is 25.0 Å². The molecule has 0 radical (unpaired) electrons. The minimum Gasteiger partial charge on any atom is -0.484 e. The minimum atomic E-state index is -1.01. The van der Waals surface area contributed by atoms with E-state index < -0.39 is 46.3 Å². The first kappa shape index (κ1) is 32.3. The Labute approximate surface area is 250 Å². The molecular weight excluding hydrogens is 598 g/mol. The number of nitrogens with zero attached hydrogens (tertiary/aromatic N) is 3. The van der Waals surface area contributed by atoms with Crippen molar-refractivity contribution < 1.29 is 42.2 Å². The number of nitro groups is 1. The summed E-state index contributed by atoms with van der Waals surface area (Å²) in [5.41, 5.74) is 5.47. The number of nitrogens with two attached hydrogens (primary N) is 1. The standard InChI is InChI=1S/C13H13FN2O5S.C13H15FN2O3S/c1-3-20-13(17)7(2)15-10-5-9(16(18)19)8(14)4-11(10)21-6-12(15)22;1-3-18-13(17)7(2)16-10-5-9(15)8(14)4-11(10)19-6-12(16)20/h4-5,7H,3,6H2,1-2H3;4-5,7H,3,6,15H2,1-2H3. The van der Waals surface area contributed by atoms with Gasteiger partial charge in [-0.1, -0.05) is 24.4 Å². The predicted molar refractivity (Wildman–Crippen MR) is 157 cm³/mol. The van der Waals surface area contributed by atoms with Crippen LogP contribution in [0.1, 0.15) is 27.7 Å². The molecule has 0 aliphatic carbocycles. The van der Waals surface area contributed by atoms with Crippen molar-refractivity contribution >= 4 is 69.1 Å². The van der Waals surface area contributed by atoms with Crippen molar-refractivity contribution in [1.82, 2.24) is 0 Å². The second kappa shape index (κ2) is 13.7. The Morgan fingerprint density at radius 2 is 1.36 bits per heavy atom. The van der Waals surface area contributed by atoms with Gasteiger partial charge in [0.2, 0.25) is 5.82 Å². The average Bonchev–Trinajstić information content (AvgIpc) is 2.93. The van der Waals surface area contributed by atoms with Gasteiger partial charge in [0.1, 0.15) is 52.6 Å². The molecule has 2 atom stereocenters. The number of nitro benzene ring substituents is 1. The number of carbonyl (C=O) groups is 2. The first-order valence-corrected chi connectivity index (χ1v) is 13.4. The maximum atomic E-state index is 13.7. The molecule has 2 aliphatic heterocycles. The number of hydrogen-bond acceptors (Lipinski definition) is 11. The van der Waals surface area contributed by atoms with Gasteiger partial charge < -0.3 is 34.5 Å². The summed E-state index contributed by atoms with van der Waals surface area (Å²) in [6.07, 6.45) is 0. The molecule has 2 heterocycles. The highest BCUT2D eigenvalue weighted by Gasteiger charge is 2.35. The molecule has 0 saturated carbocycles.